The van der Waals surface area contributed by atoms with Gasteiger partial charge in [-0.1, -0.05) is 138 Å². The van der Waals surface area contributed by atoms with Crippen molar-refractivity contribution in [2.24, 2.45) is 0 Å². The molecule has 0 aromatic carbocycles. The number of hydrogen-bond acceptors (Lipinski definition) is 7. The lowest BCUT2D eigenvalue weighted by atomic mass is 10.1. The van der Waals surface area contributed by atoms with E-state index in [0.717, 1.165) is 70.6 Å². The summed E-state index contributed by atoms with van der Waals surface area (Å²) in [6.07, 6.45) is 42.6. The number of carbonyl (C=O) groups is 3. The molecule has 0 aliphatic carbocycles. The van der Waals surface area contributed by atoms with E-state index in [1.165, 1.54) is 38.5 Å². The molecule has 0 aliphatic rings. The third-order valence-electron chi connectivity index (χ3n) is 8.48. The van der Waals surface area contributed by atoms with Gasteiger partial charge in [-0.15, -0.1) is 0 Å². The van der Waals surface area contributed by atoms with Crippen molar-refractivity contribution in [1.29, 1.82) is 0 Å². The lowest BCUT2D eigenvalue weighted by molar-refractivity contribution is -0.870. The fourth-order valence-corrected chi connectivity index (χ4v) is 5.19. The van der Waals surface area contributed by atoms with Gasteiger partial charge in [0.2, 0.25) is 0 Å². The van der Waals surface area contributed by atoms with E-state index in [0.29, 0.717) is 17.4 Å². The van der Waals surface area contributed by atoms with Crippen molar-refractivity contribution in [1.82, 2.24) is 0 Å². The van der Waals surface area contributed by atoms with Gasteiger partial charge in [0.25, 0.3) is 6.29 Å². The van der Waals surface area contributed by atoms with Gasteiger partial charge in [0.1, 0.15) is 13.2 Å². The minimum atomic E-state index is -1.52. The molecule has 314 valence electrons. The number of aliphatic carboxylic acids is 1. The number of quaternary nitrogens is 1. The molecule has 0 rings (SSSR count). The van der Waals surface area contributed by atoms with E-state index in [-0.39, 0.29) is 38.6 Å². The highest BCUT2D eigenvalue weighted by molar-refractivity contribution is 5.71. The van der Waals surface area contributed by atoms with Gasteiger partial charge in [-0.05, 0) is 64.2 Å². The van der Waals surface area contributed by atoms with Crippen LogP contribution in [0.3, 0.4) is 0 Å². The van der Waals surface area contributed by atoms with Crippen molar-refractivity contribution in [3.05, 3.63) is 72.9 Å². The van der Waals surface area contributed by atoms with Crippen LogP contribution in [0.15, 0.2) is 72.9 Å². The first-order valence-electron chi connectivity index (χ1n) is 21.1. The molecule has 2 atom stereocenters. The smallest absolute Gasteiger partial charge is 0.361 e. The zero-order chi connectivity index (χ0) is 40.7. The molecule has 55 heavy (non-hydrogen) atoms. The van der Waals surface area contributed by atoms with Crippen molar-refractivity contribution in [3.63, 3.8) is 0 Å². The summed E-state index contributed by atoms with van der Waals surface area (Å²) < 4.78 is 22.6. The predicted molar refractivity (Wildman–Crippen MR) is 226 cm³/mol. The summed E-state index contributed by atoms with van der Waals surface area (Å²) in [7, 11) is 5.92. The van der Waals surface area contributed by atoms with E-state index < -0.39 is 24.3 Å². The highest BCUT2D eigenvalue weighted by atomic mass is 16.7. The Morgan fingerprint density at radius 3 is 1.55 bits per heavy atom. The van der Waals surface area contributed by atoms with Gasteiger partial charge in [0.05, 0.1) is 34.4 Å². The van der Waals surface area contributed by atoms with Crippen molar-refractivity contribution in [2.75, 3.05) is 47.5 Å². The van der Waals surface area contributed by atoms with E-state index in [2.05, 4.69) is 86.8 Å². The largest absolute Gasteiger partial charge is 0.477 e. The van der Waals surface area contributed by atoms with Crippen LogP contribution < -0.4 is 0 Å². The zero-order valence-corrected chi connectivity index (χ0v) is 35.3. The quantitative estimate of drug-likeness (QED) is 0.0219. The van der Waals surface area contributed by atoms with Crippen LogP contribution in [0.25, 0.3) is 0 Å². The highest BCUT2D eigenvalue weighted by Crippen LogP contribution is 2.12. The summed E-state index contributed by atoms with van der Waals surface area (Å²) in [6, 6.07) is 0. The number of ether oxygens (including phenoxy) is 4. The van der Waals surface area contributed by atoms with Crippen LogP contribution in [0, 0.1) is 0 Å². The van der Waals surface area contributed by atoms with Crippen molar-refractivity contribution in [3.8, 4) is 0 Å². The van der Waals surface area contributed by atoms with E-state index >= 15 is 0 Å². The molecule has 0 spiro atoms. The van der Waals surface area contributed by atoms with Crippen LogP contribution in [0.1, 0.15) is 142 Å². The summed E-state index contributed by atoms with van der Waals surface area (Å²) in [5.74, 6) is -2.08. The number of hydrogen-bond donors (Lipinski definition) is 1. The molecule has 0 heterocycles. The fraction of sp³-hybridized carbons (Fsp3) is 0.674. The summed E-state index contributed by atoms with van der Waals surface area (Å²) >= 11 is 0. The maximum absolute atomic E-state index is 12.7. The summed E-state index contributed by atoms with van der Waals surface area (Å²) in [5.41, 5.74) is 0. The van der Waals surface area contributed by atoms with Crippen LogP contribution in [0.5, 0.6) is 0 Å². The first-order chi connectivity index (χ1) is 26.6. The molecule has 0 saturated carbocycles. The van der Waals surface area contributed by atoms with Crippen LogP contribution in [0.2, 0.25) is 0 Å². The Labute approximate surface area is 335 Å². The van der Waals surface area contributed by atoms with Crippen molar-refractivity contribution >= 4 is 17.9 Å². The Morgan fingerprint density at radius 1 is 0.564 bits per heavy atom. The Kier molecular flexibility index (Phi) is 35.4. The normalized spacial score (nSPS) is 13.7. The number of unbranched alkanes of at least 4 members (excludes halogenated alkanes) is 10. The molecule has 0 aromatic rings. The zero-order valence-electron chi connectivity index (χ0n) is 35.3. The number of rotatable bonds is 37. The third kappa shape index (κ3) is 38.8. The summed E-state index contributed by atoms with van der Waals surface area (Å²) in [4.78, 5) is 36.9. The average molecular weight is 773 g/mol. The number of allylic oxidation sites excluding steroid dienone is 12. The monoisotopic (exact) mass is 773 g/mol. The third-order valence-corrected chi connectivity index (χ3v) is 8.48. The van der Waals surface area contributed by atoms with E-state index in [9.17, 15) is 19.5 Å². The molecule has 0 aromatic heterocycles. The number of carbonyl (C=O) groups excluding carboxylic acids is 2. The topological polar surface area (TPSA) is 108 Å². The molecular weight excluding hydrogens is 695 g/mol. The Hall–Kier alpha value is -3.27. The second-order valence-corrected chi connectivity index (χ2v) is 14.9. The molecule has 0 bridgehead atoms. The molecule has 0 saturated heterocycles. The predicted octanol–water partition coefficient (Wildman–Crippen LogP) is 10.8. The van der Waals surface area contributed by atoms with E-state index in [4.69, 9.17) is 18.9 Å². The summed E-state index contributed by atoms with van der Waals surface area (Å²) in [5, 5.41) is 9.60. The molecule has 9 heteroatoms. The Bertz CT molecular complexity index is 1130. The van der Waals surface area contributed by atoms with Gasteiger partial charge >= 0.3 is 17.9 Å². The van der Waals surface area contributed by atoms with E-state index in [1.807, 2.05) is 21.1 Å². The van der Waals surface area contributed by atoms with Gasteiger partial charge in [-0.25, -0.2) is 4.79 Å². The lowest BCUT2D eigenvalue weighted by Crippen LogP contribution is -2.40. The van der Waals surface area contributed by atoms with Gasteiger partial charge in [-0.3, -0.25) is 9.59 Å². The number of carboxylic acid groups (broad SMARTS) is 1. The van der Waals surface area contributed by atoms with Gasteiger partial charge < -0.3 is 28.5 Å². The van der Waals surface area contributed by atoms with Crippen LogP contribution in [-0.2, 0) is 33.3 Å². The molecule has 1 N–H and O–H groups in total. The van der Waals surface area contributed by atoms with Crippen LogP contribution in [0.4, 0.5) is 0 Å². The molecule has 0 radical (unpaired) electrons. The van der Waals surface area contributed by atoms with Gasteiger partial charge in [-0.2, -0.15) is 0 Å². The first-order valence-corrected chi connectivity index (χ1v) is 21.1. The fourth-order valence-electron chi connectivity index (χ4n) is 5.19. The number of likely N-dealkylation sites (N-methyl/N-ethyl adjacent to an activating group) is 1. The summed E-state index contributed by atoms with van der Waals surface area (Å²) in [6.45, 7) is 4.65. The maximum atomic E-state index is 12.7. The van der Waals surface area contributed by atoms with E-state index in [1.54, 1.807) is 0 Å². The van der Waals surface area contributed by atoms with Crippen molar-refractivity contribution < 1.29 is 42.9 Å². The second-order valence-electron chi connectivity index (χ2n) is 14.9. The van der Waals surface area contributed by atoms with Crippen molar-refractivity contribution in [2.45, 2.75) is 155 Å². The molecule has 2 unspecified atom stereocenters. The number of nitrogens with zero attached hydrogens (tertiary/aromatic N) is 1. The van der Waals surface area contributed by atoms with Gasteiger partial charge in [0.15, 0.2) is 6.10 Å². The second kappa shape index (κ2) is 37.6. The molecular formula is C46H78NO8+. The first kappa shape index (κ1) is 51.7. The lowest BCUT2D eigenvalue weighted by Gasteiger charge is -2.25. The number of esters is 2. The SMILES string of the molecule is CC/C=C\C/C=C\C/C=C\C/C=C\C/C=C\C/C=C\CCCCC(=O)OC(COC(=O)CCCCCCCCCCC)COC(OCC[N+](C)(C)C)C(=O)O. The molecule has 0 amide bonds. The minimum Gasteiger partial charge on any atom is -0.477 e. The number of carboxylic acids is 1. The standard InChI is InChI=1S/C46H77NO8/c1-6-8-10-12-14-16-17-18-19-20-21-22-23-24-25-26-27-29-31-33-35-37-44(49)55-42(41-54-46(45(50)51)52-39-38-47(3,4)5)40-53-43(48)36-34-32-30-28-15-13-11-9-7-2/h8,10,14,16,18-19,21-22,24-25,27,29,42,46H,6-7,9,11-13,15,17,20,23,26,28,30-41H2,1-5H3/p+1/b10-8-,16-14-,19-18-,22-21-,25-24-,29-27-. The average Bonchev–Trinajstić information content (AvgIpc) is 3.14. The Morgan fingerprint density at radius 2 is 1.04 bits per heavy atom. The molecule has 0 aliphatic heterocycles. The molecule has 0 fully saturated rings. The van der Waals surface area contributed by atoms with Crippen LogP contribution >= 0.6 is 0 Å². The Balaban J connectivity index is 4.54. The molecule has 9 nitrogen and oxygen atoms in total. The highest BCUT2D eigenvalue weighted by Gasteiger charge is 2.25. The maximum Gasteiger partial charge on any atom is 0.361 e. The van der Waals surface area contributed by atoms with Gasteiger partial charge in [0, 0.05) is 12.8 Å². The van der Waals surface area contributed by atoms with Crippen LogP contribution in [-0.4, -0.2) is 87.4 Å². The minimum absolute atomic E-state index is 0.176.